The third-order valence-corrected chi connectivity index (χ3v) is 1.51. The molecule has 0 heterocycles. The first-order valence-corrected chi connectivity index (χ1v) is 3.45. The van der Waals surface area contributed by atoms with E-state index in [0.717, 1.165) is 0 Å². The summed E-state index contributed by atoms with van der Waals surface area (Å²) in [6.07, 6.45) is 0. The number of hydrogen-bond acceptors (Lipinski definition) is 3. The molecule has 0 unspecified atom stereocenters. The average Bonchev–Trinajstić information content (AvgIpc) is 2.04. The molecule has 0 aliphatic rings. The van der Waals surface area contributed by atoms with Crippen LogP contribution in [0.3, 0.4) is 0 Å². The predicted molar refractivity (Wildman–Crippen MR) is 44.1 cm³/mol. The Bertz CT molecular complexity index is 308. The second kappa shape index (κ2) is 3.27. The number of carbonyl (C=O) groups is 1. The number of nitroso groups, excluding NO2 is 1. The number of carboxylic acid groups (broad SMARTS) is 1. The van der Waals surface area contributed by atoms with Gasteiger partial charge in [-0.1, -0.05) is 10.2 Å². The first-order chi connectivity index (χ1) is 5.61. The lowest BCUT2D eigenvalue weighted by Crippen LogP contribution is -1.97. The molecule has 0 radical (unpaired) electrons. The van der Waals surface area contributed by atoms with Crippen molar-refractivity contribution in [3.05, 3.63) is 34.7 Å². The van der Waals surface area contributed by atoms with Crippen LogP contribution in [0.2, 0.25) is 0 Å². The van der Waals surface area contributed by atoms with Crippen molar-refractivity contribution in [3.8, 4) is 0 Å². The summed E-state index contributed by atoms with van der Waals surface area (Å²) in [5, 5.41) is 8.54. The lowest BCUT2D eigenvalue weighted by molar-refractivity contribution is -0.262. The lowest BCUT2D eigenvalue weighted by atomic mass is 10.2. The molecule has 0 atom stereocenters. The molecule has 0 aliphatic carbocycles. The molecule has 4 nitrogen and oxygen atoms in total. The minimum absolute atomic E-state index is 0.0539. The third kappa shape index (κ3) is 1.76. The molecular weight excluding hydrogens is 178 g/mol. The second-order valence-electron chi connectivity index (χ2n) is 2.11. The predicted octanol–water partition coefficient (Wildman–Crippen LogP) is 1.26. The molecule has 1 rings (SSSR count). The van der Waals surface area contributed by atoms with E-state index in [9.17, 15) is 9.70 Å². The Morgan fingerprint density at radius 2 is 2.17 bits per heavy atom. The molecule has 0 amide bonds. The van der Waals surface area contributed by atoms with Crippen molar-refractivity contribution >= 4 is 24.5 Å². The van der Waals surface area contributed by atoms with Gasteiger partial charge in [0.2, 0.25) is 5.69 Å². The van der Waals surface area contributed by atoms with E-state index in [4.69, 9.17) is 5.11 Å². The van der Waals surface area contributed by atoms with Crippen LogP contribution in [-0.2, 0) is 12.8 Å². The van der Waals surface area contributed by atoms with Crippen molar-refractivity contribution in [1.29, 1.82) is 0 Å². The van der Waals surface area contributed by atoms with Gasteiger partial charge in [-0.2, -0.15) is 0 Å². The largest absolute Gasteiger partial charge is 0.478 e. The topological polar surface area (TPSA) is 57.4 Å². The van der Waals surface area contributed by atoms with Gasteiger partial charge in [0.1, 0.15) is 0 Å². The van der Waals surface area contributed by atoms with Gasteiger partial charge < -0.3 is 17.9 Å². The summed E-state index contributed by atoms with van der Waals surface area (Å²) in [7, 11) is 0. The summed E-state index contributed by atoms with van der Waals surface area (Å²) in [5.74, 6) is -1.08. The van der Waals surface area contributed by atoms with Crippen LogP contribution in [0.1, 0.15) is 10.4 Å². The summed E-state index contributed by atoms with van der Waals surface area (Å²) in [6, 6.07) is 5.54. The molecule has 0 spiro atoms. The maximum atomic E-state index is 10.6. The Hall–Kier alpha value is -1.49. The molecule has 1 aromatic carbocycles. The van der Waals surface area contributed by atoms with Crippen LogP contribution in [0.15, 0.2) is 24.3 Å². The number of rotatable bonds is 2. The molecule has 0 fully saturated rings. The summed E-state index contributed by atoms with van der Waals surface area (Å²) < 4.78 is 0.201. The Kier molecular flexibility index (Phi) is 2.35. The Labute approximate surface area is 73.9 Å². The average molecular weight is 183 g/mol. The fourth-order valence-electron chi connectivity index (χ4n) is 0.753. The normalized spacial score (nSPS) is 9.33. The van der Waals surface area contributed by atoms with Crippen LogP contribution in [0, 0.1) is 4.91 Å². The number of carboxylic acids is 1. The Morgan fingerprint density at radius 1 is 1.50 bits per heavy atom. The van der Waals surface area contributed by atoms with Crippen molar-refractivity contribution in [2.75, 3.05) is 0 Å². The first-order valence-electron chi connectivity index (χ1n) is 3.09. The van der Waals surface area contributed by atoms with Gasteiger partial charge in [-0.05, 0) is 6.07 Å². The highest BCUT2D eigenvalue weighted by Gasteiger charge is 2.07. The monoisotopic (exact) mass is 183 g/mol. The first kappa shape index (κ1) is 8.61. The van der Waals surface area contributed by atoms with Crippen molar-refractivity contribution in [2.45, 2.75) is 0 Å². The van der Waals surface area contributed by atoms with Gasteiger partial charge in [-0.15, -0.1) is 0 Å². The molecule has 62 valence electrons. The number of benzene rings is 1. The highest BCUT2D eigenvalue weighted by molar-refractivity contribution is 7.51. The fourth-order valence-corrected chi connectivity index (χ4v) is 0.866. The molecule has 0 bridgehead atoms. The van der Waals surface area contributed by atoms with E-state index in [1.54, 1.807) is 0 Å². The van der Waals surface area contributed by atoms with Crippen LogP contribution in [0.4, 0.5) is 5.69 Å². The minimum Gasteiger partial charge on any atom is -0.478 e. The molecule has 1 aromatic rings. The van der Waals surface area contributed by atoms with Crippen LogP contribution in [0.5, 0.6) is 0 Å². The van der Waals surface area contributed by atoms with E-state index in [1.165, 1.54) is 24.3 Å². The van der Waals surface area contributed by atoms with E-state index < -0.39 is 5.97 Å². The molecule has 0 saturated heterocycles. The highest BCUT2D eigenvalue weighted by Crippen LogP contribution is 2.12. The molecule has 0 aliphatic heterocycles. The zero-order chi connectivity index (χ0) is 9.14. The van der Waals surface area contributed by atoms with Gasteiger partial charge in [0.25, 0.3) is 0 Å². The molecular formula is C7H5NO3S. The van der Waals surface area contributed by atoms with E-state index >= 15 is 0 Å². The Morgan fingerprint density at radius 3 is 2.67 bits per heavy atom. The van der Waals surface area contributed by atoms with E-state index in [1.807, 2.05) is 0 Å². The van der Waals surface area contributed by atoms with Crippen molar-refractivity contribution in [2.24, 2.45) is 0 Å². The van der Waals surface area contributed by atoms with Gasteiger partial charge in [-0.3, -0.25) is 0 Å². The van der Waals surface area contributed by atoms with Crippen LogP contribution in [-0.4, -0.2) is 15.2 Å². The molecule has 0 aromatic heterocycles. The summed E-state index contributed by atoms with van der Waals surface area (Å²) in [4.78, 5) is 21.0. The molecule has 5 heteroatoms. The highest BCUT2D eigenvalue weighted by atomic mass is 32.1. The van der Waals surface area contributed by atoms with Crippen LogP contribution < -0.4 is 0 Å². The number of nitrogens with zero attached hydrogens (tertiary/aromatic N) is 1. The van der Waals surface area contributed by atoms with Gasteiger partial charge in [-0.25, -0.2) is 4.79 Å². The number of hydrogen-bond donors (Lipinski definition) is 1. The van der Waals surface area contributed by atoms with Crippen LogP contribution >= 0.6 is 0 Å². The fraction of sp³-hybridized carbons (Fsp3) is 0. The Balaban J connectivity index is 3.12. The summed E-state index contributed by atoms with van der Waals surface area (Å²) in [5.41, 5.74) is 0.211. The SMILES string of the molecule is O=C(O)c1cccc([N+](=O)[S-])c1. The third-order valence-electron chi connectivity index (χ3n) is 1.30. The van der Waals surface area contributed by atoms with Crippen molar-refractivity contribution < 1.29 is 14.1 Å². The zero-order valence-electron chi connectivity index (χ0n) is 5.93. The van der Waals surface area contributed by atoms with Gasteiger partial charge >= 0.3 is 5.97 Å². The van der Waals surface area contributed by atoms with Gasteiger partial charge in [0, 0.05) is 17.0 Å². The maximum absolute atomic E-state index is 10.6. The summed E-state index contributed by atoms with van der Waals surface area (Å²) in [6.45, 7) is 0. The standard InChI is InChI=1S/C7H5NO3S/c9-7(10)5-2-1-3-6(4-5)8(11)12/h1-4H,(H,9,10). The summed E-state index contributed by atoms with van der Waals surface area (Å²) >= 11 is 4.28. The quantitative estimate of drug-likeness (QED) is 0.554. The van der Waals surface area contributed by atoms with Crippen LogP contribution in [0.25, 0.3) is 0 Å². The van der Waals surface area contributed by atoms with E-state index in [0.29, 0.717) is 0 Å². The van der Waals surface area contributed by atoms with Crippen molar-refractivity contribution in [3.63, 3.8) is 0 Å². The van der Waals surface area contributed by atoms with E-state index in [-0.39, 0.29) is 15.4 Å². The molecule has 0 saturated carbocycles. The molecule has 12 heavy (non-hydrogen) atoms. The minimum atomic E-state index is -1.08. The molecule has 1 N–H and O–H groups in total. The maximum Gasteiger partial charge on any atom is 0.335 e. The lowest BCUT2D eigenvalue weighted by Gasteiger charge is -1.95. The zero-order valence-corrected chi connectivity index (χ0v) is 6.75. The smallest absolute Gasteiger partial charge is 0.335 e. The number of aromatic carboxylic acids is 1. The van der Waals surface area contributed by atoms with E-state index in [2.05, 4.69) is 12.8 Å². The van der Waals surface area contributed by atoms with Gasteiger partial charge in [0.15, 0.2) is 0 Å². The van der Waals surface area contributed by atoms with Crippen molar-refractivity contribution in [1.82, 2.24) is 0 Å². The second-order valence-corrected chi connectivity index (χ2v) is 2.44. The van der Waals surface area contributed by atoms with Gasteiger partial charge in [0.05, 0.1) is 5.56 Å².